The highest BCUT2D eigenvalue weighted by Gasteiger charge is 2.30. The Kier molecular flexibility index (Phi) is 5.32. The Morgan fingerprint density at radius 2 is 1.95 bits per heavy atom. The first-order valence-corrected chi connectivity index (χ1v) is 7.38. The van der Waals surface area contributed by atoms with E-state index in [2.05, 4.69) is 12.2 Å². The number of halogens is 2. The van der Waals surface area contributed by atoms with Gasteiger partial charge in [-0.25, -0.2) is 8.78 Å². The largest absolute Gasteiger partial charge is 0.314 e. The predicted octanol–water partition coefficient (Wildman–Crippen LogP) is 4.07. The van der Waals surface area contributed by atoms with Crippen LogP contribution >= 0.6 is 0 Å². The maximum Gasteiger partial charge on any atom is 0.129 e. The summed E-state index contributed by atoms with van der Waals surface area (Å²) < 4.78 is 27.0. The van der Waals surface area contributed by atoms with Crippen molar-refractivity contribution in [1.29, 1.82) is 0 Å². The van der Waals surface area contributed by atoms with Crippen molar-refractivity contribution in [3.8, 4) is 0 Å². The quantitative estimate of drug-likeness (QED) is 0.748. The summed E-state index contributed by atoms with van der Waals surface area (Å²) in [7, 11) is 0. The van der Waals surface area contributed by atoms with Crippen LogP contribution in [0.3, 0.4) is 0 Å². The second-order valence-corrected chi connectivity index (χ2v) is 5.49. The maximum atomic E-state index is 13.5. The molecule has 106 valence electrons. The maximum absolute atomic E-state index is 13.5. The van der Waals surface area contributed by atoms with Gasteiger partial charge in [-0.3, -0.25) is 0 Å². The van der Waals surface area contributed by atoms with E-state index in [1.807, 2.05) is 0 Å². The second kappa shape index (κ2) is 6.99. The Hall–Kier alpha value is -0.960. The smallest absolute Gasteiger partial charge is 0.129 e. The van der Waals surface area contributed by atoms with Crippen molar-refractivity contribution in [1.82, 2.24) is 5.32 Å². The minimum absolute atomic E-state index is 0.243. The molecule has 0 radical (unpaired) electrons. The van der Waals surface area contributed by atoms with Crippen molar-refractivity contribution < 1.29 is 8.78 Å². The zero-order valence-corrected chi connectivity index (χ0v) is 11.6. The zero-order chi connectivity index (χ0) is 13.7. The van der Waals surface area contributed by atoms with Gasteiger partial charge in [0.1, 0.15) is 11.6 Å². The van der Waals surface area contributed by atoms with Crippen LogP contribution in [0.5, 0.6) is 0 Å². The number of hydrogen-bond acceptors (Lipinski definition) is 1. The molecule has 1 aliphatic rings. The Balaban J connectivity index is 1.81. The molecule has 1 aromatic rings. The molecule has 1 unspecified atom stereocenters. The fraction of sp³-hybridized carbons (Fsp3) is 0.625. The molecule has 1 atom stereocenters. The third kappa shape index (κ3) is 4.27. The van der Waals surface area contributed by atoms with E-state index in [0.29, 0.717) is 12.5 Å². The van der Waals surface area contributed by atoms with Gasteiger partial charge in [0, 0.05) is 11.6 Å². The topological polar surface area (TPSA) is 12.0 Å². The van der Waals surface area contributed by atoms with Crippen molar-refractivity contribution in [2.45, 2.75) is 51.5 Å². The van der Waals surface area contributed by atoms with Gasteiger partial charge in [-0.15, -0.1) is 0 Å². The van der Waals surface area contributed by atoms with Crippen LogP contribution in [0.2, 0.25) is 0 Å². The monoisotopic (exact) mass is 267 g/mol. The van der Waals surface area contributed by atoms with E-state index >= 15 is 0 Å². The Morgan fingerprint density at radius 1 is 1.26 bits per heavy atom. The summed E-state index contributed by atoms with van der Waals surface area (Å²) in [5.41, 5.74) is 0.243. The Labute approximate surface area is 114 Å². The first-order valence-electron chi connectivity index (χ1n) is 7.38. The highest BCUT2D eigenvalue weighted by molar-refractivity contribution is 5.19. The molecular formula is C16H23F2N. The normalized spacial score (nSPS) is 16.6. The lowest BCUT2D eigenvalue weighted by Gasteiger charge is -2.18. The van der Waals surface area contributed by atoms with Gasteiger partial charge in [0.15, 0.2) is 0 Å². The van der Waals surface area contributed by atoms with Crippen LogP contribution in [0, 0.1) is 17.6 Å². The summed E-state index contributed by atoms with van der Waals surface area (Å²) in [5, 5.41) is 3.56. The third-order valence-corrected chi connectivity index (χ3v) is 3.85. The molecule has 2 rings (SSSR count). The van der Waals surface area contributed by atoms with Crippen molar-refractivity contribution in [2.75, 3.05) is 6.54 Å². The van der Waals surface area contributed by atoms with Crippen molar-refractivity contribution in [3.05, 3.63) is 35.4 Å². The molecule has 0 aromatic heterocycles. The van der Waals surface area contributed by atoms with Gasteiger partial charge in [0.25, 0.3) is 0 Å². The standard InChI is InChI=1S/C16H23F2N/c1-2-11-19-16(12-9-10-12)8-3-5-13-14(17)6-4-7-15(13)18/h4,6-7,12,16,19H,2-3,5,8-11H2,1H3. The van der Waals surface area contributed by atoms with Crippen LogP contribution < -0.4 is 5.32 Å². The lowest BCUT2D eigenvalue weighted by atomic mass is 10.0. The van der Waals surface area contributed by atoms with E-state index < -0.39 is 11.6 Å². The SMILES string of the molecule is CCCNC(CCCc1c(F)cccc1F)C1CC1. The highest BCUT2D eigenvalue weighted by Crippen LogP contribution is 2.34. The number of nitrogens with one attached hydrogen (secondary N) is 1. The first-order chi connectivity index (χ1) is 9.22. The van der Waals surface area contributed by atoms with Gasteiger partial charge in [-0.1, -0.05) is 13.0 Å². The van der Waals surface area contributed by atoms with E-state index in [1.54, 1.807) is 0 Å². The summed E-state index contributed by atoms with van der Waals surface area (Å²) in [4.78, 5) is 0. The molecule has 0 amide bonds. The summed E-state index contributed by atoms with van der Waals surface area (Å²) >= 11 is 0. The van der Waals surface area contributed by atoms with Crippen LogP contribution in [-0.2, 0) is 6.42 Å². The predicted molar refractivity (Wildman–Crippen MR) is 74.1 cm³/mol. The molecular weight excluding hydrogens is 244 g/mol. The molecule has 0 aliphatic heterocycles. The van der Waals surface area contributed by atoms with Gasteiger partial charge >= 0.3 is 0 Å². The molecule has 1 nitrogen and oxygen atoms in total. The Bertz CT molecular complexity index is 381. The minimum Gasteiger partial charge on any atom is -0.314 e. The first kappa shape index (κ1) is 14.4. The van der Waals surface area contributed by atoms with Crippen LogP contribution in [0.15, 0.2) is 18.2 Å². The molecule has 19 heavy (non-hydrogen) atoms. The molecule has 1 aromatic carbocycles. The highest BCUT2D eigenvalue weighted by atomic mass is 19.1. The molecule has 3 heteroatoms. The van der Waals surface area contributed by atoms with Gasteiger partial charge in [0.2, 0.25) is 0 Å². The summed E-state index contributed by atoms with van der Waals surface area (Å²) in [6.45, 7) is 3.20. The van der Waals surface area contributed by atoms with E-state index in [4.69, 9.17) is 0 Å². The van der Waals surface area contributed by atoms with Gasteiger partial charge in [0.05, 0.1) is 0 Å². The molecule has 1 N–H and O–H groups in total. The minimum atomic E-state index is -0.413. The van der Waals surface area contributed by atoms with Crippen LogP contribution in [-0.4, -0.2) is 12.6 Å². The van der Waals surface area contributed by atoms with Crippen molar-refractivity contribution in [2.24, 2.45) is 5.92 Å². The van der Waals surface area contributed by atoms with E-state index in [0.717, 1.165) is 31.7 Å². The number of hydrogen-bond donors (Lipinski definition) is 1. The van der Waals surface area contributed by atoms with Crippen LogP contribution in [0.1, 0.15) is 44.6 Å². The Morgan fingerprint density at radius 3 is 2.53 bits per heavy atom. The summed E-state index contributed by atoms with van der Waals surface area (Å²) in [5.74, 6) is -0.0361. The van der Waals surface area contributed by atoms with Gasteiger partial charge in [-0.2, -0.15) is 0 Å². The molecule has 0 spiro atoms. The van der Waals surface area contributed by atoms with Gasteiger partial charge in [-0.05, 0) is 63.1 Å². The molecule has 0 heterocycles. The van der Waals surface area contributed by atoms with Gasteiger partial charge < -0.3 is 5.32 Å². The molecule has 1 aliphatic carbocycles. The molecule has 1 saturated carbocycles. The van der Waals surface area contributed by atoms with Crippen LogP contribution in [0.25, 0.3) is 0 Å². The average molecular weight is 267 g/mol. The molecule has 1 fully saturated rings. The lowest BCUT2D eigenvalue weighted by Crippen LogP contribution is -2.31. The third-order valence-electron chi connectivity index (χ3n) is 3.85. The van der Waals surface area contributed by atoms with Crippen molar-refractivity contribution >= 4 is 0 Å². The van der Waals surface area contributed by atoms with E-state index in [1.165, 1.54) is 31.0 Å². The molecule has 0 bridgehead atoms. The van der Waals surface area contributed by atoms with Crippen molar-refractivity contribution in [3.63, 3.8) is 0 Å². The fourth-order valence-electron chi connectivity index (χ4n) is 2.60. The second-order valence-electron chi connectivity index (χ2n) is 5.49. The average Bonchev–Trinajstić information content (AvgIpc) is 3.21. The summed E-state index contributed by atoms with van der Waals surface area (Å²) in [6, 6.07) is 4.64. The zero-order valence-electron chi connectivity index (χ0n) is 11.6. The number of benzene rings is 1. The number of rotatable bonds is 8. The molecule has 0 saturated heterocycles. The lowest BCUT2D eigenvalue weighted by molar-refractivity contribution is 0.421. The van der Waals surface area contributed by atoms with Crippen LogP contribution in [0.4, 0.5) is 8.78 Å². The van der Waals surface area contributed by atoms with E-state index in [9.17, 15) is 8.78 Å². The fourth-order valence-corrected chi connectivity index (χ4v) is 2.60. The summed E-state index contributed by atoms with van der Waals surface area (Å²) in [6.07, 6.45) is 6.08. The van der Waals surface area contributed by atoms with E-state index in [-0.39, 0.29) is 5.56 Å².